The lowest BCUT2D eigenvalue weighted by atomic mass is 10.2. The zero-order valence-corrected chi connectivity index (χ0v) is 15.9. The summed E-state index contributed by atoms with van der Waals surface area (Å²) in [7, 11) is 0. The van der Waals surface area contributed by atoms with Gasteiger partial charge in [-0.3, -0.25) is 9.69 Å². The predicted octanol–water partition coefficient (Wildman–Crippen LogP) is 5.54. The number of amides is 1. The minimum atomic E-state index is -0.291. The number of carbonyl (C=O) groups is 1. The molecule has 3 rings (SSSR count). The van der Waals surface area contributed by atoms with Gasteiger partial charge in [0.15, 0.2) is 5.17 Å². The van der Waals surface area contributed by atoms with Crippen molar-refractivity contribution in [2.24, 2.45) is 4.99 Å². The molecule has 134 valence electrons. The highest BCUT2D eigenvalue weighted by atomic mass is 32.2. The first kappa shape index (κ1) is 18.4. The van der Waals surface area contributed by atoms with Crippen molar-refractivity contribution in [2.45, 2.75) is 33.2 Å². The Morgan fingerprint density at radius 1 is 1.15 bits per heavy atom. The number of aryl methyl sites for hydroxylation is 1. The fourth-order valence-corrected chi connectivity index (χ4v) is 3.67. The molecule has 1 aliphatic heterocycles. The molecule has 3 nitrogen and oxygen atoms in total. The number of nitrogens with zero attached hydrogens (tertiary/aromatic N) is 2. The Bertz CT molecular complexity index is 857. The third kappa shape index (κ3) is 4.05. The SMILES string of the molecule is CC[C@@H](C)N1C(=O)/C(=C\c2ccc(F)cc2)SC1=Nc1ccc(C)cc1. The third-order valence-electron chi connectivity index (χ3n) is 4.29. The lowest BCUT2D eigenvalue weighted by molar-refractivity contribution is -0.123. The van der Waals surface area contributed by atoms with Crippen LogP contribution < -0.4 is 0 Å². The van der Waals surface area contributed by atoms with Crippen LogP contribution in [0, 0.1) is 12.7 Å². The fourth-order valence-electron chi connectivity index (χ4n) is 2.58. The largest absolute Gasteiger partial charge is 0.284 e. The molecule has 1 aliphatic rings. The molecular formula is C21H21FN2OS. The molecule has 1 atom stereocenters. The Labute approximate surface area is 157 Å². The van der Waals surface area contributed by atoms with E-state index in [-0.39, 0.29) is 17.8 Å². The van der Waals surface area contributed by atoms with Crippen LogP contribution in [0.2, 0.25) is 0 Å². The number of halogens is 1. The van der Waals surface area contributed by atoms with Crippen molar-refractivity contribution in [2.75, 3.05) is 0 Å². The Kier molecular flexibility index (Phi) is 5.57. The molecule has 0 aliphatic carbocycles. The number of aliphatic imine (C=N–C) groups is 1. The molecule has 2 aromatic rings. The summed E-state index contributed by atoms with van der Waals surface area (Å²) in [4.78, 5) is 20.0. The van der Waals surface area contributed by atoms with Gasteiger partial charge in [-0.25, -0.2) is 9.38 Å². The summed E-state index contributed by atoms with van der Waals surface area (Å²) in [6, 6.07) is 14.1. The minimum Gasteiger partial charge on any atom is -0.284 e. The van der Waals surface area contributed by atoms with Crippen molar-refractivity contribution in [3.63, 3.8) is 0 Å². The van der Waals surface area contributed by atoms with E-state index in [0.29, 0.717) is 10.1 Å². The van der Waals surface area contributed by atoms with Crippen molar-refractivity contribution in [3.8, 4) is 0 Å². The number of carbonyl (C=O) groups excluding carboxylic acids is 1. The summed E-state index contributed by atoms with van der Waals surface area (Å²) >= 11 is 1.36. The smallest absolute Gasteiger partial charge is 0.266 e. The Hall–Kier alpha value is -2.40. The van der Waals surface area contributed by atoms with Gasteiger partial charge in [0, 0.05) is 6.04 Å². The van der Waals surface area contributed by atoms with Gasteiger partial charge in [-0.1, -0.05) is 36.8 Å². The van der Waals surface area contributed by atoms with Crippen LogP contribution in [0.15, 0.2) is 58.4 Å². The number of benzene rings is 2. The van der Waals surface area contributed by atoms with Crippen molar-refractivity contribution in [3.05, 3.63) is 70.4 Å². The van der Waals surface area contributed by atoms with Crippen molar-refractivity contribution in [1.29, 1.82) is 0 Å². The number of amidine groups is 1. The molecule has 0 bridgehead atoms. The van der Waals surface area contributed by atoms with Crippen LogP contribution in [0.5, 0.6) is 0 Å². The highest BCUT2D eigenvalue weighted by Gasteiger charge is 2.36. The highest BCUT2D eigenvalue weighted by Crippen LogP contribution is 2.36. The molecule has 5 heteroatoms. The summed E-state index contributed by atoms with van der Waals surface area (Å²) in [6.45, 7) is 6.09. The van der Waals surface area contributed by atoms with E-state index in [2.05, 4.69) is 4.99 Å². The van der Waals surface area contributed by atoms with E-state index < -0.39 is 0 Å². The first-order valence-corrected chi connectivity index (χ1v) is 9.43. The number of rotatable bonds is 4. The molecule has 26 heavy (non-hydrogen) atoms. The van der Waals surface area contributed by atoms with Gasteiger partial charge in [-0.15, -0.1) is 0 Å². The molecular weight excluding hydrogens is 347 g/mol. The molecule has 0 aromatic heterocycles. The Balaban J connectivity index is 1.96. The van der Waals surface area contributed by atoms with E-state index in [0.717, 1.165) is 17.7 Å². The van der Waals surface area contributed by atoms with Crippen molar-refractivity contribution in [1.82, 2.24) is 4.90 Å². The molecule has 0 radical (unpaired) electrons. The van der Waals surface area contributed by atoms with Crippen LogP contribution in [-0.2, 0) is 4.79 Å². The van der Waals surface area contributed by atoms with Crippen LogP contribution in [0.1, 0.15) is 31.4 Å². The highest BCUT2D eigenvalue weighted by molar-refractivity contribution is 8.18. The summed E-state index contributed by atoms with van der Waals surface area (Å²) in [5, 5.41) is 0.682. The maximum Gasteiger partial charge on any atom is 0.266 e. The number of thioether (sulfide) groups is 1. The molecule has 0 N–H and O–H groups in total. The molecule has 0 unspecified atom stereocenters. The van der Waals surface area contributed by atoms with Crippen LogP contribution in [0.4, 0.5) is 10.1 Å². The van der Waals surface area contributed by atoms with Crippen LogP contribution in [0.25, 0.3) is 6.08 Å². The lowest BCUT2D eigenvalue weighted by Gasteiger charge is -2.22. The molecule has 1 fully saturated rings. The van der Waals surface area contributed by atoms with Crippen LogP contribution in [-0.4, -0.2) is 22.0 Å². The second kappa shape index (κ2) is 7.87. The summed E-state index contributed by atoms with van der Waals surface area (Å²) in [6.07, 6.45) is 2.63. The zero-order valence-electron chi connectivity index (χ0n) is 15.1. The minimum absolute atomic E-state index is 0.0540. The van der Waals surface area contributed by atoms with Crippen LogP contribution >= 0.6 is 11.8 Å². The van der Waals surface area contributed by atoms with E-state index in [1.165, 1.54) is 29.5 Å². The van der Waals surface area contributed by atoms with Crippen molar-refractivity contribution < 1.29 is 9.18 Å². The fraction of sp³-hybridized carbons (Fsp3) is 0.238. The summed E-state index contributed by atoms with van der Waals surface area (Å²) in [5.41, 5.74) is 2.78. The molecule has 2 aromatic carbocycles. The first-order chi connectivity index (χ1) is 12.5. The molecule has 0 saturated carbocycles. The maximum atomic E-state index is 13.1. The second-order valence-electron chi connectivity index (χ2n) is 6.32. The quantitative estimate of drug-likeness (QED) is 0.664. The topological polar surface area (TPSA) is 32.7 Å². The summed E-state index contributed by atoms with van der Waals surface area (Å²) < 4.78 is 13.1. The Morgan fingerprint density at radius 2 is 1.81 bits per heavy atom. The second-order valence-corrected chi connectivity index (χ2v) is 7.33. The summed E-state index contributed by atoms with van der Waals surface area (Å²) in [5.74, 6) is -0.347. The van der Waals surface area contributed by atoms with Gasteiger partial charge in [-0.05, 0) is 67.9 Å². The maximum absolute atomic E-state index is 13.1. The lowest BCUT2D eigenvalue weighted by Crippen LogP contribution is -2.36. The zero-order chi connectivity index (χ0) is 18.7. The normalized spacial score (nSPS) is 18.8. The predicted molar refractivity (Wildman–Crippen MR) is 107 cm³/mol. The van der Waals surface area contributed by atoms with E-state index in [4.69, 9.17) is 0 Å². The molecule has 1 heterocycles. The van der Waals surface area contributed by atoms with Gasteiger partial charge in [0.2, 0.25) is 0 Å². The van der Waals surface area contributed by atoms with Gasteiger partial charge in [0.05, 0.1) is 10.6 Å². The van der Waals surface area contributed by atoms with Gasteiger partial charge in [-0.2, -0.15) is 0 Å². The van der Waals surface area contributed by atoms with E-state index >= 15 is 0 Å². The average Bonchev–Trinajstić information content (AvgIpc) is 2.93. The van der Waals surface area contributed by atoms with Gasteiger partial charge in [0.25, 0.3) is 5.91 Å². The first-order valence-electron chi connectivity index (χ1n) is 8.62. The average molecular weight is 368 g/mol. The van der Waals surface area contributed by atoms with E-state index in [1.54, 1.807) is 23.1 Å². The van der Waals surface area contributed by atoms with Gasteiger partial charge >= 0.3 is 0 Å². The molecule has 1 saturated heterocycles. The van der Waals surface area contributed by atoms with Crippen LogP contribution in [0.3, 0.4) is 0 Å². The number of hydrogen-bond acceptors (Lipinski definition) is 3. The standard InChI is InChI=1S/C21H21FN2OS/c1-4-15(3)24-20(25)19(13-16-7-9-17(22)10-8-16)26-21(24)23-18-11-5-14(2)6-12-18/h5-13,15H,4H2,1-3H3/b19-13+,23-21?/t15-/m1/s1. The molecule has 1 amide bonds. The molecule has 0 spiro atoms. The Morgan fingerprint density at radius 3 is 2.42 bits per heavy atom. The van der Waals surface area contributed by atoms with E-state index in [9.17, 15) is 9.18 Å². The monoisotopic (exact) mass is 368 g/mol. The van der Waals surface area contributed by atoms with E-state index in [1.807, 2.05) is 45.0 Å². The third-order valence-corrected chi connectivity index (χ3v) is 5.28. The van der Waals surface area contributed by atoms with Crippen molar-refractivity contribution >= 4 is 34.6 Å². The van der Waals surface area contributed by atoms with Gasteiger partial charge in [0.1, 0.15) is 5.82 Å². The number of hydrogen-bond donors (Lipinski definition) is 0. The van der Waals surface area contributed by atoms with Gasteiger partial charge < -0.3 is 0 Å².